The number of aromatic nitrogens is 2. The minimum atomic E-state index is -4.01. The van der Waals surface area contributed by atoms with Crippen molar-refractivity contribution in [3.8, 4) is 0 Å². The molecule has 8 heteroatoms. The molecule has 0 amide bonds. The van der Waals surface area contributed by atoms with Crippen LogP contribution in [0.5, 0.6) is 0 Å². The standard InChI is InChI=1S/C23H23ClF2N2O2S/c1-28-13-12-27-22(28)14-16-8-10-23(11-9-16,20-15-18(25)4-7-21(20)26)31(29,30)19-5-2-17(24)3-6-19/h2-7,12-13,15-16H,8-11,14H2,1H3/t16-,23+. The van der Waals surface area contributed by atoms with E-state index >= 15 is 0 Å². The van der Waals surface area contributed by atoms with Gasteiger partial charge >= 0.3 is 0 Å². The van der Waals surface area contributed by atoms with E-state index in [1.54, 1.807) is 6.20 Å². The number of halogens is 3. The summed E-state index contributed by atoms with van der Waals surface area (Å²) < 4.78 is 57.0. The summed E-state index contributed by atoms with van der Waals surface area (Å²) >= 11 is 5.93. The summed E-state index contributed by atoms with van der Waals surface area (Å²) in [5.74, 6) is -0.222. The zero-order chi connectivity index (χ0) is 22.2. The first-order valence-corrected chi connectivity index (χ1v) is 12.0. The van der Waals surface area contributed by atoms with Gasteiger partial charge in [0.05, 0.1) is 4.90 Å². The summed E-state index contributed by atoms with van der Waals surface area (Å²) in [7, 11) is -2.09. The highest BCUT2D eigenvalue weighted by Gasteiger charge is 2.50. The van der Waals surface area contributed by atoms with Crippen molar-refractivity contribution in [3.63, 3.8) is 0 Å². The molecule has 4 rings (SSSR count). The molecule has 0 radical (unpaired) electrons. The number of imidazole rings is 1. The molecular formula is C23H23ClF2N2O2S. The zero-order valence-corrected chi connectivity index (χ0v) is 18.6. The summed E-state index contributed by atoms with van der Waals surface area (Å²) in [5, 5.41) is 0.406. The van der Waals surface area contributed by atoms with Crippen LogP contribution < -0.4 is 0 Å². The van der Waals surface area contributed by atoms with Crippen LogP contribution in [0.15, 0.2) is 59.8 Å². The maximum Gasteiger partial charge on any atom is 0.188 e. The molecule has 164 valence electrons. The van der Waals surface area contributed by atoms with Crippen LogP contribution >= 0.6 is 11.6 Å². The topological polar surface area (TPSA) is 52.0 Å². The van der Waals surface area contributed by atoms with Crippen LogP contribution in [-0.4, -0.2) is 18.0 Å². The fourth-order valence-electron chi connectivity index (χ4n) is 4.57. The van der Waals surface area contributed by atoms with Gasteiger partial charge in [-0.2, -0.15) is 0 Å². The molecule has 1 fully saturated rings. The lowest BCUT2D eigenvalue weighted by Gasteiger charge is -2.40. The molecule has 1 aromatic heterocycles. The van der Waals surface area contributed by atoms with Gasteiger partial charge in [0.25, 0.3) is 0 Å². The third-order valence-corrected chi connectivity index (χ3v) is 9.16. The predicted molar refractivity (Wildman–Crippen MR) is 116 cm³/mol. The van der Waals surface area contributed by atoms with E-state index in [1.807, 2.05) is 17.8 Å². The van der Waals surface area contributed by atoms with Crippen molar-refractivity contribution in [1.29, 1.82) is 0 Å². The number of nitrogens with zero attached hydrogens (tertiary/aromatic N) is 2. The SMILES string of the molecule is Cn1ccnc1C[C@H]1CC[C@@](c2cc(F)ccc2F)(S(=O)(=O)c2ccc(Cl)cc2)CC1. The van der Waals surface area contributed by atoms with Gasteiger partial charge in [-0.15, -0.1) is 0 Å². The van der Waals surface area contributed by atoms with Crippen LogP contribution in [0.2, 0.25) is 5.02 Å². The third-order valence-electron chi connectivity index (χ3n) is 6.36. The largest absolute Gasteiger partial charge is 0.338 e. The van der Waals surface area contributed by atoms with Gasteiger partial charge in [0.1, 0.15) is 22.2 Å². The quantitative estimate of drug-likeness (QED) is 0.504. The van der Waals surface area contributed by atoms with Crippen LogP contribution in [0.25, 0.3) is 0 Å². The maximum absolute atomic E-state index is 14.9. The van der Waals surface area contributed by atoms with Crippen molar-refractivity contribution in [1.82, 2.24) is 9.55 Å². The molecule has 0 aliphatic heterocycles. The monoisotopic (exact) mass is 464 g/mol. The summed E-state index contributed by atoms with van der Waals surface area (Å²) in [6.07, 6.45) is 5.85. The molecule has 1 aliphatic carbocycles. The summed E-state index contributed by atoms with van der Waals surface area (Å²) in [6, 6.07) is 8.89. The number of hydrogen-bond acceptors (Lipinski definition) is 3. The second-order valence-corrected chi connectivity index (χ2v) is 10.9. The van der Waals surface area contributed by atoms with Gasteiger partial charge in [0.15, 0.2) is 9.84 Å². The van der Waals surface area contributed by atoms with Gasteiger partial charge in [-0.1, -0.05) is 11.6 Å². The Morgan fingerprint density at radius 1 is 1.13 bits per heavy atom. The van der Waals surface area contributed by atoms with E-state index in [2.05, 4.69) is 4.98 Å². The Balaban J connectivity index is 1.74. The van der Waals surface area contributed by atoms with Crippen molar-refractivity contribution < 1.29 is 17.2 Å². The highest BCUT2D eigenvalue weighted by molar-refractivity contribution is 7.92. The van der Waals surface area contributed by atoms with Crippen LogP contribution in [0.1, 0.15) is 37.1 Å². The molecule has 4 nitrogen and oxygen atoms in total. The van der Waals surface area contributed by atoms with Crippen molar-refractivity contribution >= 4 is 21.4 Å². The fourth-order valence-corrected chi connectivity index (χ4v) is 6.86. The van der Waals surface area contributed by atoms with Crippen molar-refractivity contribution in [2.45, 2.75) is 41.7 Å². The lowest BCUT2D eigenvalue weighted by Crippen LogP contribution is -2.41. The van der Waals surface area contributed by atoms with E-state index in [4.69, 9.17) is 11.6 Å². The maximum atomic E-state index is 14.9. The summed E-state index contributed by atoms with van der Waals surface area (Å²) in [6.45, 7) is 0. The van der Waals surface area contributed by atoms with Crippen LogP contribution in [-0.2, 0) is 28.1 Å². The molecule has 0 bridgehead atoms. The molecule has 0 spiro atoms. The Bertz CT molecular complexity index is 1180. The molecule has 0 unspecified atom stereocenters. The summed E-state index contributed by atoms with van der Waals surface area (Å²) in [4.78, 5) is 4.42. The van der Waals surface area contributed by atoms with Gasteiger partial charge in [-0.05, 0) is 74.1 Å². The van der Waals surface area contributed by atoms with E-state index < -0.39 is 26.2 Å². The molecular weight excluding hydrogens is 442 g/mol. The van der Waals surface area contributed by atoms with Gasteiger partial charge in [-0.25, -0.2) is 22.2 Å². The molecule has 3 aromatic rings. The molecule has 1 heterocycles. The Morgan fingerprint density at radius 2 is 1.81 bits per heavy atom. The molecule has 1 aliphatic rings. The summed E-state index contributed by atoms with van der Waals surface area (Å²) in [5.41, 5.74) is -0.0992. The van der Waals surface area contributed by atoms with Crippen LogP contribution in [0.4, 0.5) is 8.78 Å². The minimum Gasteiger partial charge on any atom is -0.338 e. The lowest BCUT2D eigenvalue weighted by molar-refractivity contribution is 0.281. The highest BCUT2D eigenvalue weighted by atomic mass is 35.5. The first kappa shape index (κ1) is 22.0. The van der Waals surface area contributed by atoms with E-state index in [0.29, 0.717) is 24.3 Å². The predicted octanol–water partition coefficient (Wildman–Crippen LogP) is 5.45. The van der Waals surface area contributed by atoms with Gasteiger partial charge in [-0.3, -0.25) is 0 Å². The van der Waals surface area contributed by atoms with E-state index in [1.165, 1.54) is 24.3 Å². The molecule has 0 saturated heterocycles. The normalized spacial score (nSPS) is 21.9. The number of aryl methyl sites for hydroxylation is 1. The highest BCUT2D eigenvalue weighted by Crippen LogP contribution is 2.49. The molecule has 0 N–H and O–H groups in total. The van der Waals surface area contributed by atoms with Gasteiger partial charge in [0.2, 0.25) is 0 Å². The van der Waals surface area contributed by atoms with Crippen molar-refractivity contribution in [2.75, 3.05) is 0 Å². The number of benzene rings is 2. The average Bonchev–Trinajstić information content (AvgIpc) is 3.15. The van der Waals surface area contributed by atoms with E-state index in [0.717, 1.165) is 24.0 Å². The Kier molecular flexibility index (Phi) is 5.92. The average molecular weight is 465 g/mol. The number of rotatable bonds is 5. The third kappa shape index (κ3) is 4.01. The second kappa shape index (κ2) is 8.36. The molecule has 2 aromatic carbocycles. The van der Waals surface area contributed by atoms with E-state index in [-0.39, 0.29) is 29.2 Å². The Hall–Kier alpha value is -2.25. The van der Waals surface area contributed by atoms with Crippen molar-refractivity contribution in [2.24, 2.45) is 13.0 Å². The fraction of sp³-hybridized carbons (Fsp3) is 0.348. The van der Waals surface area contributed by atoms with Crippen LogP contribution in [0.3, 0.4) is 0 Å². The van der Waals surface area contributed by atoms with E-state index in [9.17, 15) is 17.2 Å². The Labute approximate surface area is 185 Å². The first-order valence-electron chi connectivity index (χ1n) is 10.1. The lowest BCUT2D eigenvalue weighted by atomic mass is 9.76. The zero-order valence-electron chi connectivity index (χ0n) is 17.1. The molecule has 31 heavy (non-hydrogen) atoms. The second-order valence-electron chi connectivity index (χ2n) is 8.18. The van der Waals surface area contributed by atoms with Gasteiger partial charge in [0, 0.05) is 36.4 Å². The Morgan fingerprint density at radius 3 is 2.42 bits per heavy atom. The van der Waals surface area contributed by atoms with Crippen LogP contribution in [0, 0.1) is 17.6 Å². The number of sulfone groups is 1. The first-order chi connectivity index (χ1) is 14.7. The molecule has 0 atom stereocenters. The minimum absolute atomic E-state index is 0.0584. The van der Waals surface area contributed by atoms with Gasteiger partial charge < -0.3 is 4.57 Å². The smallest absolute Gasteiger partial charge is 0.188 e. The van der Waals surface area contributed by atoms with Crippen molar-refractivity contribution in [3.05, 3.63) is 82.9 Å². The molecule has 1 saturated carbocycles. The number of hydrogen-bond donors (Lipinski definition) is 0.